The zero-order valence-electron chi connectivity index (χ0n) is 13.3. The van der Waals surface area contributed by atoms with E-state index in [-0.39, 0.29) is 11.9 Å². The molecule has 1 atom stereocenters. The molecular weight excluding hydrogens is 265 g/mol. The van der Waals surface area contributed by atoms with E-state index in [0.717, 1.165) is 25.4 Å². The molecule has 3 nitrogen and oxygen atoms in total. The molecule has 21 heavy (non-hydrogen) atoms. The molecule has 0 aliphatic carbocycles. The highest BCUT2D eigenvalue weighted by molar-refractivity contribution is 5.20. The third kappa shape index (κ3) is 5.06. The first-order chi connectivity index (χ1) is 10.1. The van der Waals surface area contributed by atoms with E-state index in [0.29, 0.717) is 5.56 Å². The van der Waals surface area contributed by atoms with Gasteiger partial charge in [0, 0.05) is 18.2 Å². The van der Waals surface area contributed by atoms with Crippen LogP contribution in [0.4, 0.5) is 4.39 Å². The van der Waals surface area contributed by atoms with Crippen LogP contribution in [0.15, 0.2) is 24.3 Å². The van der Waals surface area contributed by atoms with E-state index in [2.05, 4.69) is 23.9 Å². The molecule has 1 aliphatic heterocycles. The molecule has 0 aromatic heterocycles. The molecule has 1 aromatic rings. The number of hydrogen-bond donors (Lipinski definition) is 1. The van der Waals surface area contributed by atoms with Crippen LogP contribution in [0.1, 0.15) is 30.9 Å². The molecule has 0 bridgehead atoms. The molecule has 0 saturated carbocycles. The summed E-state index contributed by atoms with van der Waals surface area (Å²) in [6.45, 7) is 4.44. The molecule has 1 heterocycles. The van der Waals surface area contributed by atoms with Gasteiger partial charge in [-0.1, -0.05) is 18.2 Å². The molecule has 1 aliphatic rings. The van der Waals surface area contributed by atoms with Crippen molar-refractivity contribution in [1.29, 1.82) is 0 Å². The molecule has 1 saturated heterocycles. The van der Waals surface area contributed by atoms with Gasteiger partial charge < -0.3 is 15.5 Å². The monoisotopic (exact) mass is 293 g/mol. The number of benzene rings is 1. The van der Waals surface area contributed by atoms with E-state index < -0.39 is 0 Å². The Labute approximate surface area is 127 Å². The smallest absolute Gasteiger partial charge is 0.127 e. The molecule has 0 spiro atoms. The van der Waals surface area contributed by atoms with Gasteiger partial charge in [0.2, 0.25) is 0 Å². The lowest BCUT2D eigenvalue weighted by Gasteiger charge is -2.32. The van der Waals surface area contributed by atoms with Gasteiger partial charge in [-0.3, -0.25) is 0 Å². The van der Waals surface area contributed by atoms with E-state index in [4.69, 9.17) is 5.73 Å². The summed E-state index contributed by atoms with van der Waals surface area (Å²) in [5.41, 5.74) is 6.75. The van der Waals surface area contributed by atoms with Crippen LogP contribution in [0.2, 0.25) is 0 Å². The van der Waals surface area contributed by atoms with E-state index >= 15 is 0 Å². The van der Waals surface area contributed by atoms with Crippen LogP contribution >= 0.6 is 0 Å². The van der Waals surface area contributed by atoms with Crippen LogP contribution in [-0.2, 0) is 0 Å². The molecule has 1 unspecified atom stereocenters. The number of nitrogens with two attached hydrogens (primary N) is 1. The third-order valence-corrected chi connectivity index (χ3v) is 4.53. The van der Waals surface area contributed by atoms with E-state index in [1.807, 2.05) is 6.07 Å². The second kappa shape index (κ2) is 7.87. The highest BCUT2D eigenvalue weighted by Crippen LogP contribution is 2.20. The van der Waals surface area contributed by atoms with Crippen LogP contribution in [0.5, 0.6) is 0 Å². The summed E-state index contributed by atoms with van der Waals surface area (Å²) in [6, 6.07) is 6.61. The van der Waals surface area contributed by atoms with Crippen molar-refractivity contribution in [1.82, 2.24) is 9.80 Å². The maximum absolute atomic E-state index is 13.7. The molecule has 118 valence electrons. The molecule has 0 amide bonds. The summed E-state index contributed by atoms with van der Waals surface area (Å²) in [5.74, 6) is 0.596. The fourth-order valence-electron chi connectivity index (χ4n) is 3.07. The van der Waals surface area contributed by atoms with Crippen LogP contribution in [0, 0.1) is 11.7 Å². The van der Waals surface area contributed by atoms with E-state index in [9.17, 15) is 4.39 Å². The van der Waals surface area contributed by atoms with Gasteiger partial charge in [-0.05, 0) is 65.0 Å². The maximum Gasteiger partial charge on any atom is 0.127 e. The minimum atomic E-state index is -0.217. The summed E-state index contributed by atoms with van der Waals surface area (Å²) in [4.78, 5) is 4.74. The summed E-state index contributed by atoms with van der Waals surface area (Å²) in [6.07, 6.45) is 3.35. The summed E-state index contributed by atoms with van der Waals surface area (Å²) >= 11 is 0. The Kier molecular flexibility index (Phi) is 6.15. The standard InChI is InChI=1S/C17H28FN3/c1-20-10-7-14(8-11-20)13-21(2)12-9-17(19)15-5-3-4-6-16(15)18/h3-6,14,17H,7-13,19H2,1-2H3. The summed E-state index contributed by atoms with van der Waals surface area (Å²) < 4.78 is 13.7. The van der Waals surface area contributed by atoms with Crippen molar-refractivity contribution < 1.29 is 4.39 Å². The van der Waals surface area contributed by atoms with Gasteiger partial charge in [-0.15, -0.1) is 0 Å². The molecule has 2 N–H and O–H groups in total. The Hall–Kier alpha value is -0.970. The lowest BCUT2D eigenvalue weighted by molar-refractivity contribution is 0.174. The quantitative estimate of drug-likeness (QED) is 0.874. The molecule has 4 heteroatoms. The number of nitrogens with zero attached hydrogens (tertiary/aromatic N) is 2. The maximum atomic E-state index is 13.7. The van der Waals surface area contributed by atoms with E-state index in [1.54, 1.807) is 12.1 Å². The van der Waals surface area contributed by atoms with Crippen molar-refractivity contribution in [2.75, 3.05) is 40.3 Å². The predicted octanol–water partition coefficient (Wildman–Crippen LogP) is 2.49. The fourth-order valence-corrected chi connectivity index (χ4v) is 3.07. The van der Waals surface area contributed by atoms with Crippen LogP contribution in [0.3, 0.4) is 0 Å². The second-order valence-electron chi connectivity index (χ2n) is 6.43. The zero-order chi connectivity index (χ0) is 15.2. The highest BCUT2D eigenvalue weighted by atomic mass is 19.1. The van der Waals surface area contributed by atoms with Gasteiger partial charge in [0.25, 0.3) is 0 Å². The lowest BCUT2D eigenvalue weighted by atomic mass is 9.96. The fraction of sp³-hybridized carbons (Fsp3) is 0.647. The van der Waals surface area contributed by atoms with Gasteiger partial charge in [0.1, 0.15) is 5.82 Å². The molecule has 1 aromatic carbocycles. The Balaban J connectivity index is 1.73. The number of piperidine rings is 1. The topological polar surface area (TPSA) is 32.5 Å². The Morgan fingerprint density at radius 3 is 2.67 bits per heavy atom. The average molecular weight is 293 g/mol. The van der Waals surface area contributed by atoms with Crippen molar-refractivity contribution in [3.63, 3.8) is 0 Å². The first-order valence-corrected chi connectivity index (χ1v) is 7.93. The minimum absolute atomic E-state index is 0.192. The highest BCUT2D eigenvalue weighted by Gasteiger charge is 2.18. The van der Waals surface area contributed by atoms with Crippen molar-refractivity contribution in [2.24, 2.45) is 11.7 Å². The number of hydrogen-bond acceptors (Lipinski definition) is 3. The first kappa shape index (κ1) is 16.4. The van der Waals surface area contributed by atoms with Gasteiger partial charge in [-0.25, -0.2) is 4.39 Å². The molecular formula is C17H28FN3. The van der Waals surface area contributed by atoms with Gasteiger partial charge in [-0.2, -0.15) is 0 Å². The first-order valence-electron chi connectivity index (χ1n) is 7.93. The van der Waals surface area contributed by atoms with Gasteiger partial charge >= 0.3 is 0 Å². The second-order valence-corrected chi connectivity index (χ2v) is 6.43. The lowest BCUT2D eigenvalue weighted by Crippen LogP contribution is -2.36. The molecule has 2 rings (SSSR count). The van der Waals surface area contributed by atoms with Crippen molar-refractivity contribution in [2.45, 2.75) is 25.3 Å². The summed E-state index contributed by atoms with van der Waals surface area (Å²) in [5, 5.41) is 0. The van der Waals surface area contributed by atoms with Crippen molar-refractivity contribution in [3.05, 3.63) is 35.6 Å². The SMILES string of the molecule is CN1CCC(CN(C)CCC(N)c2ccccc2F)CC1. The zero-order valence-corrected chi connectivity index (χ0v) is 13.3. The van der Waals surface area contributed by atoms with Crippen LogP contribution in [-0.4, -0.2) is 50.1 Å². The average Bonchev–Trinajstić information content (AvgIpc) is 2.48. The van der Waals surface area contributed by atoms with Crippen LogP contribution < -0.4 is 5.73 Å². The van der Waals surface area contributed by atoms with Crippen molar-refractivity contribution in [3.8, 4) is 0 Å². The predicted molar refractivity (Wildman–Crippen MR) is 85.7 cm³/mol. The Bertz CT molecular complexity index is 430. The van der Waals surface area contributed by atoms with Gasteiger partial charge in [0.15, 0.2) is 0 Å². The van der Waals surface area contributed by atoms with E-state index in [1.165, 1.54) is 32.0 Å². The third-order valence-electron chi connectivity index (χ3n) is 4.53. The Morgan fingerprint density at radius 1 is 1.33 bits per heavy atom. The van der Waals surface area contributed by atoms with Crippen molar-refractivity contribution >= 4 is 0 Å². The Morgan fingerprint density at radius 2 is 2.00 bits per heavy atom. The van der Waals surface area contributed by atoms with Gasteiger partial charge in [0.05, 0.1) is 0 Å². The van der Waals surface area contributed by atoms with Crippen LogP contribution in [0.25, 0.3) is 0 Å². The summed E-state index contributed by atoms with van der Waals surface area (Å²) in [7, 11) is 4.33. The number of likely N-dealkylation sites (tertiary alicyclic amines) is 1. The largest absolute Gasteiger partial charge is 0.324 e. The number of halogens is 1. The normalized spacial score (nSPS) is 19.1. The molecule has 0 radical (unpaired) electrons. The number of rotatable bonds is 6. The minimum Gasteiger partial charge on any atom is -0.324 e. The molecule has 1 fully saturated rings.